The van der Waals surface area contributed by atoms with Crippen LogP contribution < -0.4 is 14.8 Å². The average molecular weight is 512 g/mol. The van der Waals surface area contributed by atoms with Crippen molar-refractivity contribution in [1.29, 1.82) is 5.26 Å². The van der Waals surface area contributed by atoms with E-state index >= 15 is 0 Å². The minimum Gasteiger partial charge on any atom is -0.490 e. The highest BCUT2D eigenvalue weighted by atomic mass is 35.5. The summed E-state index contributed by atoms with van der Waals surface area (Å²) < 4.78 is 11.3. The van der Waals surface area contributed by atoms with Crippen molar-refractivity contribution in [2.45, 2.75) is 6.92 Å². The smallest absolute Gasteiger partial charge is 0.269 e. The minimum atomic E-state index is -0.502. The van der Waals surface area contributed by atoms with Gasteiger partial charge in [-0.2, -0.15) is 5.26 Å². The maximum Gasteiger partial charge on any atom is 0.269 e. The largest absolute Gasteiger partial charge is 0.490 e. The minimum absolute atomic E-state index is 0.0608. The lowest BCUT2D eigenvalue weighted by atomic mass is 10.0. The maximum absolute atomic E-state index is 12.3. The molecule has 1 amide bonds. The lowest BCUT2D eigenvalue weighted by Crippen LogP contribution is -2.20. The number of nitro groups is 1. The predicted molar refractivity (Wildman–Crippen MR) is 135 cm³/mol. The molecule has 0 atom stereocenters. The average Bonchev–Trinajstić information content (AvgIpc) is 2.84. The Morgan fingerprint density at radius 2 is 1.80 bits per heavy atom. The molecular formula is C25H19Cl2N3O5. The van der Waals surface area contributed by atoms with Gasteiger partial charge in [0.15, 0.2) is 18.1 Å². The van der Waals surface area contributed by atoms with Gasteiger partial charge in [-0.15, -0.1) is 0 Å². The first-order valence-electron chi connectivity index (χ1n) is 10.3. The van der Waals surface area contributed by atoms with Crippen LogP contribution in [0.15, 0.2) is 60.7 Å². The molecule has 0 bridgehead atoms. The van der Waals surface area contributed by atoms with E-state index in [2.05, 4.69) is 11.4 Å². The van der Waals surface area contributed by atoms with Crippen molar-refractivity contribution in [3.8, 4) is 17.6 Å². The fourth-order valence-electron chi connectivity index (χ4n) is 3.03. The van der Waals surface area contributed by atoms with E-state index in [9.17, 15) is 20.2 Å². The van der Waals surface area contributed by atoms with Crippen molar-refractivity contribution in [3.05, 3.63) is 92.0 Å². The van der Waals surface area contributed by atoms with Crippen molar-refractivity contribution >= 4 is 52.1 Å². The summed E-state index contributed by atoms with van der Waals surface area (Å²) in [6.07, 6.45) is 1.63. The second kappa shape index (κ2) is 11.9. The van der Waals surface area contributed by atoms with E-state index in [1.54, 1.807) is 43.3 Å². The van der Waals surface area contributed by atoms with Crippen LogP contribution in [0.4, 0.5) is 11.4 Å². The van der Waals surface area contributed by atoms with Gasteiger partial charge in [-0.1, -0.05) is 29.3 Å². The topological polar surface area (TPSA) is 114 Å². The molecule has 35 heavy (non-hydrogen) atoms. The molecule has 0 saturated heterocycles. The van der Waals surface area contributed by atoms with E-state index in [1.807, 2.05) is 0 Å². The quantitative estimate of drug-likeness (QED) is 0.154. The first-order valence-corrected chi connectivity index (χ1v) is 11.1. The molecule has 10 heteroatoms. The van der Waals surface area contributed by atoms with Crippen LogP contribution in [-0.2, 0) is 4.79 Å². The van der Waals surface area contributed by atoms with Crippen molar-refractivity contribution in [1.82, 2.24) is 0 Å². The summed E-state index contributed by atoms with van der Waals surface area (Å²) in [6, 6.07) is 17.6. The normalized spacial score (nSPS) is 10.9. The molecule has 0 aliphatic rings. The number of allylic oxidation sites excluding steroid dienone is 1. The van der Waals surface area contributed by atoms with E-state index in [1.165, 1.54) is 30.3 Å². The lowest BCUT2D eigenvalue weighted by molar-refractivity contribution is -0.384. The van der Waals surface area contributed by atoms with Crippen molar-refractivity contribution in [2.24, 2.45) is 0 Å². The summed E-state index contributed by atoms with van der Waals surface area (Å²) in [4.78, 5) is 22.6. The number of halogens is 2. The SMILES string of the molecule is CCOc1cc(/C=C(\C#N)c2ccc([N+](=O)[O-])cc2)ccc1OCC(=O)Nc1ccc(Cl)c(Cl)c1. The summed E-state index contributed by atoms with van der Waals surface area (Å²) in [7, 11) is 0. The van der Waals surface area contributed by atoms with Crippen molar-refractivity contribution in [3.63, 3.8) is 0 Å². The van der Waals surface area contributed by atoms with Crippen LogP contribution >= 0.6 is 23.2 Å². The second-order valence-corrected chi connectivity index (χ2v) is 7.89. The third kappa shape index (κ3) is 6.96. The number of carbonyl (C=O) groups excluding carboxylic acids is 1. The van der Waals surface area contributed by atoms with Gasteiger partial charge in [0.05, 0.1) is 33.2 Å². The van der Waals surface area contributed by atoms with Gasteiger partial charge < -0.3 is 14.8 Å². The molecule has 0 aliphatic carbocycles. The number of anilines is 1. The van der Waals surface area contributed by atoms with Gasteiger partial charge in [0, 0.05) is 17.8 Å². The Morgan fingerprint density at radius 1 is 1.06 bits per heavy atom. The number of ether oxygens (including phenoxy) is 2. The molecule has 0 radical (unpaired) electrons. The summed E-state index contributed by atoms with van der Waals surface area (Å²) in [5, 5.41) is 23.8. The third-order valence-electron chi connectivity index (χ3n) is 4.65. The Bertz CT molecular complexity index is 1320. The van der Waals surface area contributed by atoms with Gasteiger partial charge in [0.1, 0.15) is 0 Å². The number of hydrogen-bond acceptors (Lipinski definition) is 6. The van der Waals surface area contributed by atoms with Gasteiger partial charge in [-0.3, -0.25) is 14.9 Å². The zero-order valence-electron chi connectivity index (χ0n) is 18.5. The Kier molecular flexibility index (Phi) is 8.68. The summed E-state index contributed by atoms with van der Waals surface area (Å²) in [6.45, 7) is 1.88. The van der Waals surface area contributed by atoms with Gasteiger partial charge in [-0.05, 0) is 66.6 Å². The molecule has 3 rings (SSSR count). The molecule has 0 aromatic heterocycles. The molecule has 0 heterocycles. The number of nitro benzene ring substituents is 1. The first kappa shape index (κ1) is 25.6. The van der Waals surface area contributed by atoms with Gasteiger partial charge in [0.2, 0.25) is 0 Å². The Hall–Kier alpha value is -4.06. The van der Waals surface area contributed by atoms with E-state index in [0.717, 1.165) is 0 Å². The maximum atomic E-state index is 12.3. The number of non-ortho nitro benzene ring substituents is 1. The third-order valence-corrected chi connectivity index (χ3v) is 5.39. The van der Waals surface area contributed by atoms with E-state index in [-0.39, 0.29) is 12.3 Å². The highest BCUT2D eigenvalue weighted by Crippen LogP contribution is 2.31. The molecule has 0 spiro atoms. The molecule has 3 aromatic rings. The van der Waals surface area contributed by atoms with Crippen LogP contribution in [0.5, 0.6) is 11.5 Å². The number of benzene rings is 3. The molecule has 8 nitrogen and oxygen atoms in total. The van der Waals surface area contributed by atoms with E-state index < -0.39 is 10.8 Å². The Balaban J connectivity index is 1.74. The van der Waals surface area contributed by atoms with Crippen LogP contribution in [0.1, 0.15) is 18.1 Å². The zero-order valence-corrected chi connectivity index (χ0v) is 20.0. The van der Waals surface area contributed by atoms with Crippen LogP contribution in [0.25, 0.3) is 11.6 Å². The summed E-state index contributed by atoms with van der Waals surface area (Å²) in [5.74, 6) is 0.339. The number of rotatable bonds is 9. The number of carbonyl (C=O) groups is 1. The molecule has 0 unspecified atom stereocenters. The Labute approximate surface area is 211 Å². The zero-order chi connectivity index (χ0) is 25.4. The molecule has 178 valence electrons. The van der Waals surface area contributed by atoms with Gasteiger partial charge in [-0.25, -0.2) is 0 Å². The van der Waals surface area contributed by atoms with E-state index in [4.69, 9.17) is 32.7 Å². The van der Waals surface area contributed by atoms with Crippen LogP contribution in [0.3, 0.4) is 0 Å². The molecule has 0 saturated carbocycles. The van der Waals surface area contributed by atoms with E-state index in [0.29, 0.717) is 50.5 Å². The predicted octanol–water partition coefficient (Wildman–Crippen LogP) is 6.38. The number of amides is 1. The fraction of sp³-hybridized carbons (Fsp3) is 0.120. The van der Waals surface area contributed by atoms with Gasteiger partial charge >= 0.3 is 0 Å². The molecular weight excluding hydrogens is 493 g/mol. The van der Waals surface area contributed by atoms with Crippen molar-refractivity contribution < 1.29 is 19.2 Å². The number of hydrogen-bond donors (Lipinski definition) is 1. The van der Waals surface area contributed by atoms with Crippen LogP contribution in [0.2, 0.25) is 10.0 Å². The summed E-state index contributed by atoms with van der Waals surface area (Å²) >= 11 is 11.8. The lowest BCUT2D eigenvalue weighted by Gasteiger charge is -2.13. The highest BCUT2D eigenvalue weighted by Gasteiger charge is 2.12. The van der Waals surface area contributed by atoms with Gasteiger partial charge in [0.25, 0.3) is 11.6 Å². The molecule has 0 fully saturated rings. The monoisotopic (exact) mass is 511 g/mol. The number of nitrogens with zero attached hydrogens (tertiary/aromatic N) is 2. The highest BCUT2D eigenvalue weighted by molar-refractivity contribution is 6.42. The van der Waals surface area contributed by atoms with Crippen molar-refractivity contribution in [2.75, 3.05) is 18.5 Å². The first-order chi connectivity index (χ1) is 16.8. The fourth-order valence-corrected chi connectivity index (χ4v) is 3.32. The standard InChI is InChI=1S/C25H19Cl2N3O5/c1-2-34-24-12-16(11-18(14-28)17-4-7-20(8-5-17)30(32)33)3-10-23(24)35-15-25(31)29-19-6-9-21(26)22(27)13-19/h3-13H,2,15H2,1H3,(H,29,31)/b18-11+. The molecule has 1 N–H and O–H groups in total. The number of nitriles is 1. The molecule has 3 aromatic carbocycles. The molecule has 0 aliphatic heterocycles. The number of nitrogens with one attached hydrogen (secondary N) is 1. The second-order valence-electron chi connectivity index (χ2n) is 7.08. The van der Waals surface area contributed by atoms with Crippen LogP contribution in [0, 0.1) is 21.4 Å². The van der Waals surface area contributed by atoms with Crippen LogP contribution in [-0.4, -0.2) is 24.0 Å². The Morgan fingerprint density at radius 3 is 2.43 bits per heavy atom. The summed E-state index contributed by atoms with van der Waals surface area (Å²) in [5.41, 5.74) is 1.92.